The van der Waals surface area contributed by atoms with Crippen LogP contribution < -0.4 is 5.32 Å². The predicted octanol–water partition coefficient (Wildman–Crippen LogP) is 3.27. The van der Waals surface area contributed by atoms with E-state index >= 15 is 0 Å². The fourth-order valence-electron chi connectivity index (χ4n) is 3.73. The quantitative estimate of drug-likeness (QED) is 0.870. The summed E-state index contributed by atoms with van der Waals surface area (Å²) >= 11 is 1.74. The molecule has 0 bridgehead atoms. The van der Waals surface area contributed by atoms with Crippen LogP contribution in [0.2, 0.25) is 0 Å². The molecule has 114 valence electrons. The highest BCUT2D eigenvalue weighted by Gasteiger charge is 2.69. The van der Waals surface area contributed by atoms with Crippen LogP contribution >= 0.6 is 11.8 Å². The minimum atomic E-state index is 0.0134. The summed E-state index contributed by atoms with van der Waals surface area (Å²) in [6.45, 7) is 9.49. The number of amides is 1. The molecule has 1 N–H and O–H groups in total. The van der Waals surface area contributed by atoms with Crippen molar-refractivity contribution in [1.29, 1.82) is 0 Å². The molecule has 1 heterocycles. The van der Waals surface area contributed by atoms with Gasteiger partial charge in [-0.05, 0) is 34.8 Å². The Morgan fingerprint density at radius 3 is 2.19 bits per heavy atom. The fraction of sp³-hybridized carbons (Fsp3) is 0.588. The molecule has 1 atom stereocenters. The second-order valence-corrected chi connectivity index (χ2v) is 8.08. The van der Waals surface area contributed by atoms with E-state index in [-0.39, 0.29) is 22.9 Å². The molecule has 1 saturated carbocycles. The van der Waals surface area contributed by atoms with E-state index in [2.05, 4.69) is 68.4 Å². The molecular formula is C17H24N2OS. The summed E-state index contributed by atoms with van der Waals surface area (Å²) in [5.74, 6) is 0.220. The SMILES string of the molecule is CSc1ccc(C2NCC(=O)N2C2C(C)(C)C2(C)C)cc1. The molecule has 1 amide bonds. The maximum Gasteiger partial charge on any atom is 0.238 e. The molecule has 3 rings (SSSR count). The number of hydrogen-bond donors (Lipinski definition) is 1. The van der Waals surface area contributed by atoms with Crippen molar-refractivity contribution in [2.24, 2.45) is 10.8 Å². The minimum absolute atomic E-state index is 0.0134. The monoisotopic (exact) mass is 304 g/mol. The lowest BCUT2D eigenvalue weighted by molar-refractivity contribution is -0.129. The summed E-state index contributed by atoms with van der Waals surface area (Å²) in [4.78, 5) is 15.7. The van der Waals surface area contributed by atoms with Gasteiger partial charge in [0.05, 0.1) is 6.54 Å². The predicted molar refractivity (Wildman–Crippen MR) is 87.2 cm³/mol. The van der Waals surface area contributed by atoms with E-state index in [4.69, 9.17) is 0 Å². The summed E-state index contributed by atoms with van der Waals surface area (Å²) in [5, 5.41) is 3.38. The number of nitrogens with one attached hydrogen (secondary N) is 1. The Labute approximate surface area is 131 Å². The van der Waals surface area contributed by atoms with E-state index < -0.39 is 0 Å². The van der Waals surface area contributed by atoms with Gasteiger partial charge in [0.1, 0.15) is 6.17 Å². The van der Waals surface area contributed by atoms with Gasteiger partial charge in [-0.3, -0.25) is 10.1 Å². The molecule has 1 aromatic carbocycles. The molecule has 1 aromatic rings. The largest absolute Gasteiger partial charge is 0.318 e. The second kappa shape index (κ2) is 4.75. The molecule has 1 aliphatic carbocycles. The van der Waals surface area contributed by atoms with Crippen molar-refractivity contribution < 1.29 is 4.79 Å². The Bertz CT molecular complexity index is 551. The highest BCUT2D eigenvalue weighted by atomic mass is 32.2. The van der Waals surface area contributed by atoms with Crippen LogP contribution in [0.15, 0.2) is 29.2 Å². The van der Waals surface area contributed by atoms with Gasteiger partial charge in [-0.15, -0.1) is 11.8 Å². The van der Waals surface area contributed by atoms with E-state index in [1.54, 1.807) is 11.8 Å². The van der Waals surface area contributed by atoms with Gasteiger partial charge in [0.2, 0.25) is 5.91 Å². The van der Waals surface area contributed by atoms with Crippen molar-refractivity contribution >= 4 is 17.7 Å². The normalized spacial score (nSPS) is 27.2. The van der Waals surface area contributed by atoms with E-state index in [1.165, 1.54) is 10.5 Å². The third-order valence-corrected chi connectivity index (χ3v) is 6.41. The number of thioether (sulfide) groups is 1. The van der Waals surface area contributed by atoms with Crippen LogP contribution in [-0.2, 0) is 4.79 Å². The number of hydrogen-bond acceptors (Lipinski definition) is 3. The van der Waals surface area contributed by atoms with Crippen molar-refractivity contribution in [3.05, 3.63) is 29.8 Å². The third-order valence-electron chi connectivity index (χ3n) is 5.67. The average Bonchev–Trinajstić information content (AvgIpc) is 2.73. The summed E-state index contributed by atoms with van der Waals surface area (Å²) in [6, 6.07) is 8.84. The lowest BCUT2D eigenvalue weighted by Gasteiger charge is -2.27. The van der Waals surface area contributed by atoms with Gasteiger partial charge in [-0.25, -0.2) is 0 Å². The van der Waals surface area contributed by atoms with Crippen LogP contribution in [0, 0.1) is 10.8 Å². The van der Waals surface area contributed by atoms with Crippen LogP contribution in [0.5, 0.6) is 0 Å². The first kappa shape index (κ1) is 14.9. The molecule has 1 unspecified atom stereocenters. The zero-order chi connectivity index (χ0) is 15.4. The standard InChI is InChI=1S/C17H24N2OS/c1-16(2)15(17(16,3)4)19-13(20)10-18-14(19)11-6-8-12(21-5)9-7-11/h6-9,14-15,18H,10H2,1-5H3. The molecule has 1 aliphatic heterocycles. The first-order valence-electron chi connectivity index (χ1n) is 7.49. The zero-order valence-corrected chi connectivity index (χ0v) is 14.3. The van der Waals surface area contributed by atoms with Crippen LogP contribution in [0.1, 0.15) is 39.4 Å². The fourth-order valence-corrected chi connectivity index (χ4v) is 4.14. The van der Waals surface area contributed by atoms with Crippen molar-refractivity contribution in [3.63, 3.8) is 0 Å². The molecule has 4 heteroatoms. The van der Waals surface area contributed by atoms with E-state index in [1.807, 2.05) is 0 Å². The van der Waals surface area contributed by atoms with Gasteiger partial charge < -0.3 is 4.90 Å². The molecule has 0 spiro atoms. The number of benzene rings is 1. The van der Waals surface area contributed by atoms with Crippen molar-refractivity contribution in [1.82, 2.24) is 10.2 Å². The number of nitrogens with zero attached hydrogens (tertiary/aromatic N) is 1. The number of carbonyl (C=O) groups is 1. The Morgan fingerprint density at radius 1 is 1.14 bits per heavy atom. The van der Waals surface area contributed by atoms with Gasteiger partial charge in [-0.2, -0.15) is 0 Å². The first-order valence-corrected chi connectivity index (χ1v) is 8.71. The Morgan fingerprint density at radius 2 is 1.71 bits per heavy atom. The van der Waals surface area contributed by atoms with Crippen molar-refractivity contribution in [2.45, 2.75) is 44.8 Å². The van der Waals surface area contributed by atoms with Crippen LogP contribution in [0.3, 0.4) is 0 Å². The van der Waals surface area contributed by atoms with E-state index in [0.29, 0.717) is 12.6 Å². The van der Waals surface area contributed by atoms with Gasteiger partial charge in [-0.1, -0.05) is 39.8 Å². The summed E-state index contributed by atoms with van der Waals surface area (Å²) in [7, 11) is 0. The molecular weight excluding hydrogens is 280 g/mol. The first-order chi connectivity index (χ1) is 9.80. The molecule has 0 radical (unpaired) electrons. The maximum absolute atomic E-state index is 12.4. The minimum Gasteiger partial charge on any atom is -0.318 e. The van der Waals surface area contributed by atoms with Gasteiger partial charge in [0.25, 0.3) is 0 Å². The maximum atomic E-state index is 12.4. The molecule has 2 aliphatic rings. The summed E-state index contributed by atoms with van der Waals surface area (Å²) < 4.78 is 0. The van der Waals surface area contributed by atoms with Crippen LogP contribution in [0.25, 0.3) is 0 Å². The second-order valence-electron chi connectivity index (χ2n) is 7.20. The van der Waals surface area contributed by atoms with Gasteiger partial charge in [0, 0.05) is 10.9 Å². The van der Waals surface area contributed by atoms with Crippen LogP contribution in [0.4, 0.5) is 0 Å². The number of carbonyl (C=O) groups excluding carboxylic acids is 1. The van der Waals surface area contributed by atoms with Crippen molar-refractivity contribution in [2.75, 3.05) is 12.8 Å². The third kappa shape index (κ3) is 2.11. The van der Waals surface area contributed by atoms with Crippen LogP contribution in [-0.4, -0.2) is 29.6 Å². The molecule has 0 aromatic heterocycles. The topological polar surface area (TPSA) is 32.3 Å². The Kier molecular flexibility index (Phi) is 3.37. The highest BCUT2D eigenvalue weighted by Crippen LogP contribution is 2.66. The van der Waals surface area contributed by atoms with Gasteiger partial charge >= 0.3 is 0 Å². The smallest absolute Gasteiger partial charge is 0.238 e. The molecule has 2 fully saturated rings. The summed E-state index contributed by atoms with van der Waals surface area (Å²) in [6.07, 6.45) is 2.09. The lowest BCUT2D eigenvalue weighted by atomic mass is 10.0. The van der Waals surface area contributed by atoms with E-state index in [9.17, 15) is 4.79 Å². The number of rotatable bonds is 3. The van der Waals surface area contributed by atoms with Crippen molar-refractivity contribution in [3.8, 4) is 0 Å². The van der Waals surface area contributed by atoms with Gasteiger partial charge in [0.15, 0.2) is 0 Å². The highest BCUT2D eigenvalue weighted by molar-refractivity contribution is 7.98. The van der Waals surface area contributed by atoms with E-state index in [0.717, 1.165) is 0 Å². The zero-order valence-electron chi connectivity index (χ0n) is 13.4. The Balaban J connectivity index is 1.90. The average molecular weight is 304 g/mol. The lowest BCUT2D eigenvalue weighted by Crippen LogP contribution is -2.35. The summed E-state index contributed by atoms with van der Waals surface area (Å²) in [5.41, 5.74) is 1.52. The Hall–Kier alpha value is -1.00. The molecule has 21 heavy (non-hydrogen) atoms. The molecule has 1 saturated heterocycles. The molecule has 3 nitrogen and oxygen atoms in total.